The minimum Gasteiger partial charge on any atom is -0.484 e. The van der Waals surface area contributed by atoms with E-state index in [4.69, 9.17) is 16.3 Å². The Bertz CT molecular complexity index is 1010. The molecule has 3 rings (SSSR count). The summed E-state index contributed by atoms with van der Waals surface area (Å²) in [4.78, 5) is 27.5. The SMILES string of the molecule is Cn1ccnc1Sc1ccc(Cl)cc1NC(=O)COc1ccc([N+](=O)[O-])cc1. The molecule has 0 aliphatic heterocycles. The maximum atomic E-state index is 12.3. The number of hydrogen-bond donors (Lipinski definition) is 1. The molecule has 0 spiro atoms. The van der Waals surface area contributed by atoms with Crippen molar-refractivity contribution in [3.05, 3.63) is 70.0 Å². The summed E-state index contributed by atoms with van der Waals surface area (Å²) >= 11 is 7.45. The third-order valence-electron chi connectivity index (χ3n) is 3.61. The maximum absolute atomic E-state index is 12.3. The number of rotatable bonds is 7. The van der Waals surface area contributed by atoms with Crippen LogP contribution in [-0.4, -0.2) is 27.0 Å². The van der Waals surface area contributed by atoms with E-state index in [9.17, 15) is 14.9 Å². The molecule has 2 aromatic carbocycles. The topological polar surface area (TPSA) is 99.3 Å². The van der Waals surface area contributed by atoms with Gasteiger partial charge in [-0.05, 0) is 42.1 Å². The number of anilines is 1. The van der Waals surface area contributed by atoms with E-state index in [-0.39, 0.29) is 18.2 Å². The molecule has 0 saturated heterocycles. The lowest BCUT2D eigenvalue weighted by Gasteiger charge is -2.12. The molecule has 0 radical (unpaired) electrons. The van der Waals surface area contributed by atoms with E-state index in [2.05, 4.69) is 10.3 Å². The number of ether oxygens (including phenoxy) is 1. The molecule has 10 heteroatoms. The molecule has 1 N–H and O–H groups in total. The van der Waals surface area contributed by atoms with Crippen molar-refractivity contribution in [1.29, 1.82) is 0 Å². The monoisotopic (exact) mass is 418 g/mol. The lowest BCUT2D eigenvalue weighted by atomic mass is 10.3. The first-order valence-electron chi connectivity index (χ1n) is 8.04. The van der Waals surface area contributed by atoms with Gasteiger partial charge in [0.15, 0.2) is 11.8 Å². The molecule has 0 saturated carbocycles. The van der Waals surface area contributed by atoms with Gasteiger partial charge in [-0.2, -0.15) is 0 Å². The summed E-state index contributed by atoms with van der Waals surface area (Å²) in [7, 11) is 1.88. The molecule has 3 aromatic rings. The summed E-state index contributed by atoms with van der Waals surface area (Å²) in [6.45, 7) is -0.253. The number of hydrogen-bond acceptors (Lipinski definition) is 6. The van der Waals surface area contributed by atoms with Crippen LogP contribution in [0.25, 0.3) is 0 Å². The number of imidazole rings is 1. The smallest absolute Gasteiger partial charge is 0.269 e. The van der Waals surface area contributed by atoms with Crippen molar-refractivity contribution >= 4 is 40.6 Å². The van der Waals surface area contributed by atoms with Crippen LogP contribution < -0.4 is 10.1 Å². The lowest BCUT2D eigenvalue weighted by Crippen LogP contribution is -2.20. The van der Waals surface area contributed by atoms with Crippen LogP contribution in [0.1, 0.15) is 0 Å². The van der Waals surface area contributed by atoms with Gasteiger partial charge < -0.3 is 14.6 Å². The summed E-state index contributed by atoms with van der Waals surface area (Å²) in [5, 5.41) is 14.7. The molecular weight excluding hydrogens is 404 g/mol. The Morgan fingerprint density at radius 2 is 2.07 bits per heavy atom. The summed E-state index contributed by atoms with van der Waals surface area (Å²) in [5.74, 6) is -0.0308. The number of non-ortho nitro benzene ring substituents is 1. The van der Waals surface area contributed by atoms with Gasteiger partial charge in [0, 0.05) is 41.5 Å². The van der Waals surface area contributed by atoms with Crippen molar-refractivity contribution in [1.82, 2.24) is 9.55 Å². The van der Waals surface area contributed by atoms with Crippen LogP contribution in [0, 0.1) is 10.1 Å². The Kier molecular flexibility index (Phi) is 6.17. The van der Waals surface area contributed by atoms with Gasteiger partial charge in [0.25, 0.3) is 11.6 Å². The predicted octanol–water partition coefficient (Wildman–Crippen LogP) is 4.15. The van der Waals surface area contributed by atoms with E-state index in [1.807, 2.05) is 17.8 Å². The molecule has 1 heterocycles. The fourth-order valence-corrected chi connectivity index (χ4v) is 3.28. The maximum Gasteiger partial charge on any atom is 0.269 e. The highest BCUT2D eigenvalue weighted by Gasteiger charge is 2.12. The second-order valence-corrected chi connectivity index (χ2v) is 7.10. The molecule has 0 aliphatic carbocycles. The second kappa shape index (κ2) is 8.77. The summed E-state index contributed by atoms with van der Waals surface area (Å²) in [5.41, 5.74) is 0.490. The van der Waals surface area contributed by atoms with Crippen LogP contribution in [-0.2, 0) is 11.8 Å². The van der Waals surface area contributed by atoms with Gasteiger partial charge >= 0.3 is 0 Å². The molecule has 144 valence electrons. The zero-order chi connectivity index (χ0) is 20.1. The van der Waals surface area contributed by atoms with Crippen LogP contribution >= 0.6 is 23.4 Å². The molecular formula is C18H15ClN4O4S. The Hall–Kier alpha value is -3.04. The Morgan fingerprint density at radius 3 is 2.71 bits per heavy atom. The van der Waals surface area contributed by atoms with Gasteiger partial charge in [-0.15, -0.1) is 0 Å². The van der Waals surface area contributed by atoms with Gasteiger partial charge in [-0.1, -0.05) is 11.6 Å². The lowest BCUT2D eigenvalue weighted by molar-refractivity contribution is -0.384. The van der Waals surface area contributed by atoms with Crippen molar-refractivity contribution in [3.63, 3.8) is 0 Å². The molecule has 8 nitrogen and oxygen atoms in total. The van der Waals surface area contributed by atoms with Crippen molar-refractivity contribution in [2.45, 2.75) is 10.1 Å². The molecule has 1 aromatic heterocycles. The number of nitro groups is 1. The van der Waals surface area contributed by atoms with Crippen LogP contribution in [0.15, 0.2) is 64.9 Å². The van der Waals surface area contributed by atoms with Gasteiger partial charge in [0.05, 0.1) is 10.6 Å². The number of carbonyl (C=O) groups excluding carboxylic acids is 1. The average Bonchev–Trinajstić information content (AvgIpc) is 3.07. The van der Waals surface area contributed by atoms with E-state index in [0.717, 1.165) is 10.1 Å². The highest BCUT2D eigenvalue weighted by atomic mass is 35.5. The largest absolute Gasteiger partial charge is 0.484 e. The van der Waals surface area contributed by atoms with Gasteiger partial charge in [-0.3, -0.25) is 14.9 Å². The number of nitrogens with one attached hydrogen (secondary N) is 1. The second-order valence-electron chi connectivity index (χ2n) is 5.65. The molecule has 0 atom stereocenters. The third-order valence-corrected chi connectivity index (χ3v) is 5.00. The van der Waals surface area contributed by atoms with Gasteiger partial charge in [0.2, 0.25) is 0 Å². The highest BCUT2D eigenvalue weighted by Crippen LogP contribution is 2.34. The Labute approximate surface area is 169 Å². The number of nitro benzene ring substituents is 1. The van der Waals surface area contributed by atoms with Crippen LogP contribution in [0.4, 0.5) is 11.4 Å². The molecule has 28 heavy (non-hydrogen) atoms. The van der Waals surface area contributed by atoms with E-state index < -0.39 is 4.92 Å². The van der Waals surface area contributed by atoms with Crippen LogP contribution in [0.5, 0.6) is 5.75 Å². The number of benzene rings is 2. The first-order valence-corrected chi connectivity index (χ1v) is 9.23. The first kappa shape index (κ1) is 19.7. The average molecular weight is 419 g/mol. The summed E-state index contributed by atoms with van der Waals surface area (Å²) < 4.78 is 7.24. The number of halogens is 1. The molecule has 0 unspecified atom stereocenters. The van der Waals surface area contributed by atoms with Crippen LogP contribution in [0.2, 0.25) is 5.02 Å². The van der Waals surface area contributed by atoms with Crippen molar-refractivity contribution in [2.75, 3.05) is 11.9 Å². The standard InChI is InChI=1S/C18H15ClN4O4S/c1-22-9-8-20-18(22)28-16-7-2-12(19)10-15(16)21-17(24)11-27-14-5-3-13(4-6-14)23(25)26/h2-10H,11H2,1H3,(H,21,24). The molecule has 0 fully saturated rings. The third kappa shape index (κ3) is 5.02. The number of carbonyl (C=O) groups is 1. The summed E-state index contributed by atoms with van der Waals surface area (Å²) in [6, 6.07) is 10.7. The van der Waals surface area contributed by atoms with E-state index >= 15 is 0 Å². The molecule has 1 amide bonds. The Morgan fingerprint density at radius 1 is 1.32 bits per heavy atom. The van der Waals surface area contributed by atoms with E-state index in [0.29, 0.717) is 16.5 Å². The quantitative estimate of drug-likeness (QED) is 0.457. The van der Waals surface area contributed by atoms with Gasteiger partial charge in [-0.25, -0.2) is 4.98 Å². The van der Waals surface area contributed by atoms with E-state index in [1.165, 1.54) is 36.0 Å². The minimum absolute atomic E-state index is 0.0494. The highest BCUT2D eigenvalue weighted by molar-refractivity contribution is 7.99. The predicted molar refractivity (Wildman–Crippen MR) is 106 cm³/mol. The molecule has 0 bridgehead atoms. The van der Waals surface area contributed by atoms with Crippen molar-refractivity contribution in [2.24, 2.45) is 7.05 Å². The minimum atomic E-state index is -0.504. The number of aromatic nitrogens is 2. The normalized spacial score (nSPS) is 10.5. The zero-order valence-corrected chi connectivity index (χ0v) is 16.2. The Balaban J connectivity index is 1.65. The fraction of sp³-hybridized carbons (Fsp3) is 0.111. The number of nitrogens with zero attached hydrogens (tertiary/aromatic N) is 3. The number of amides is 1. The van der Waals surface area contributed by atoms with Gasteiger partial charge in [0.1, 0.15) is 5.75 Å². The zero-order valence-electron chi connectivity index (χ0n) is 14.7. The first-order chi connectivity index (χ1) is 13.4. The number of aryl methyl sites for hydroxylation is 1. The van der Waals surface area contributed by atoms with Crippen molar-refractivity contribution < 1.29 is 14.5 Å². The summed E-state index contributed by atoms with van der Waals surface area (Å²) in [6.07, 6.45) is 3.52. The van der Waals surface area contributed by atoms with Crippen molar-refractivity contribution in [3.8, 4) is 5.75 Å². The van der Waals surface area contributed by atoms with Crippen LogP contribution in [0.3, 0.4) is 0 Å². The van der Waals surface area contributed by atoms with E-state index in [1.54, 1.807) is 24.4 Å². The molecule has 0 aliphatic rings. The fourth-order valence-electron chi connectivity index (χ4n) is 2.24.